The number of nitrogens with two attached hydrogens (primary N) is 1. The molecule has 132 valence electrons. The largest absolute Gasteiger partial charge is 0.444 e. The van der Waals surface area contributed by atoms with Gasteiger partial charge in [-0.3, -0.25) is 4.79 Å². The maximum absolute atomic E-state index is 13.8. The molecule has 0 aliphatic carbocycles. The number of primary amides is 1. The zero-order valence-electron chi connectivity index (χ0n) is 14.7. The van der Waals surface area contributed by atoms with E-state index >= 15 is 0 Å². The van der Waals surface area contributed by atoms with Gasteiger partial charge in [0.2, 0.25) is 0 Å². The maximum Gasteiger partial charge on any atom is 0.410 e. The van der Waals surface area contributed by atoms with E-state index in [9.17, 15) is 14.0 Å². The van der Waals surface area contributed by atoms with Gasteiger partial charge in [0.15, 0.2) is 0 Å². The van der Waals surface area contributed by atoms with Crippen LogP contribution in [-0.4, -0.2) is 35.6 Å². The predicted octanol–water partition coefficient (Wildman–Crippen LogP) is 3.35. The molecule has 0 spiro atoms. The molecule has 2 amide bonds. The summed E-state index contributed by atoms with van der Waals surface area (Å²) in [5.74, 6) is -1.18. The first-order valence-electron chi connectivity index (χ1n) is 8.16. The highest BCUT2D eigenvalue weighted by Crippen LogP contribution is 2.32. The summed E-state index contributed by atoms with van der Waals surface area (Å²) in [5.41, 5.74) is 6.37. The van der Waals surface area contributed by atoms with E-state index in [1.54, 1.807) is 11.0 Å². The van der Waals surface area contributed by atoms with Crippen molar-refractivity contribution in [2.75, 3.05) is 13.1 Å². The van der Waals surface area contributed by atoms with Gasteiger partial charge < -0.3 is 15.4 Å². The molecular weight excluding hydrogens is 311 g/mol. The molecule has 1 heterocycles. The molecule has 0 atom stereocenters. The van der Waals surface area contributed by atoms with E-state index in [-0.39, 0.29) is 17.6 Å². The number of hydrogen-bond acceptors (Lipinski definition) is 3. The van der Waals surface area contributed by atoms with E-state index in [1.807, 2.05) is 27.7 Å². The minimum atomic E-state index is -0.764. The summed E-state index contributed by atoms with van der Waals surface area (Å²) < 4.78 is 19.2. The fourth-order valence-corrected chi connectivity index (χ4v) is 3.02. The quantitative estimate of drug-likeness (QED) is 0.900. The van der Waals surface area contributed by atoms with Gasteiger partial charge in [-0.1, -0.05) is 0 Å². The molecule has 1 saturated heterocycles. The number of nitrogens with zero attached hydrogens (tertiary/aromatic N) is 1. The second kappa shape index (κ2) is 6.79. The van der Waals surface area contributed by atoms with Crippen molar-refractivity contribution in [1.29, 1.82) is 0 Å². The highest BCUT2D eigenvalue weighted by atomic mass is 19.1. The molecule has 2 N–H and O–H groups in total. The van der Waals surface area contributed by atoms with Crippen LogP contribution in [0.5, 0.6) is 0 Å². The maximum atomic E-state index is 13.8. The number of benzene rings is 1. The number of carbonyl (C=O) groups excluding carboxylic acids is 2. The molecule has 0 bridgehead atoms. The van der Waals surface area contributed by atoms with Crippen molar-refractivity contribution < 1.29 is 18.7 Å². The van der Waals surface area contributed by atoms with Crippen LogP contribution in [0.15, 0.2) is 12.1 Å². The van der Waals surface area contributed by atoms with Gasteiger partial charge >= 0.3 is 6.09 Å². The van der Waals surface area contributed by atoms with E-state index in [1.165, 1.54) is 6.07 Å². The summed E-state index contributed by atoms with van der Waals surface area (Å²) in [6, 6.07) is 2.91. The predicted molar refractivity (Wildman–Crippen MR) is 89.4 cm³/mol. The Hall–Kier alpha value is -2.11. The number of hydrogen-bond donors (Lipinski definition) is 1. The van der Waals surface area contributed by atoms with Crippen molar-refractivity contribution in [2.45, 2.75) is 52.1 Å². The first kappa shape index (κ1) is 18.2. The van der Waals surface area contributed by atoms with Crippen LogP contribution in [0.1, 0.15) is 61.0 Å². The minimum Gasteiger partial charge on any atom is -0.444 e. The molecular formula is C18H25FN2O3. The number of amides is 2. The number of rotatable bonds is 2. The smallest absolute Gasteiger partial charge is 0.410 e. The molecule has 0 saturated carbocycles. The lowest BCUT2D eigenvalue weighted by atomic mass is 9.86. The third-order valence-electron chi connectivity index (χ3n) is 4.21. The summed E-state index contributed by atoms with van der Waals surface area (Å²) in [7, 11) is 0. The summed E-state index contributed by atoms with van der Waals surface area (Å²) in [6.07, 6.45) is 1.17. The van der Waals surface area contributed by atoms with Crippen LogP contribution in [0.2, 0.25) is 0 Å². The second-order valence-electron chi connectivity index (χ2n) is 7.29. The number of carbonyl (C=O) groups is 2. The lowest BCUT2D eigenvalue weighted by molar-refractivity contribution is 0.0204. The van der Waals surface area contributed by atoms with E-state index in [0.29, 0.717) is 13.1 Å². The second-order valence-corrected chi connectivity index (χ2v) is 7.29. The molecule has 1 aliphatic rings. The third kappa shape index (κ3) is 4.24. The van der Waals surface area contributed by atoms with Crippen LogP contribution in [0.25, 0.3) is 0 Å². The molecule has 0 radical (unpaired) electrons. The lowest BCUT2D eigenvalue weighted by Crippen LogP contribution is -2.41. The topological polar surface area (TPSA) is 72.6 Å². The molecule has 1 aromatic rings. The van der Waals surface area contributed by atoms with Crippen LogP contribution >= 0.6 is 0 Å². The molecule has 2 rings (SSSR count). The Labute approximate surface area is 142 Å². The van der Waals surface area contributed by atoms with Gasteiger partial charge in [-0.2, -0.15) is 0 Å². The van der Waals surface area contributed by atoms with Gasteiger partial charge in [0.25, 0.3) is 5.91 Å². The van der Waals surface area contributed by atoms with Gasteiger partial charge in [-0.05, 0) is 69.7 Å². The Bertz CT molecular complexity index is 644. The SMILES string of the molecule is Cc1cc(F)c(C(N)=O)cc1C1CCN(C(=O)OC(C)(C)C)CC1. The number of aryl methyl sites for hydroxylation is 1. The molecule has 1 aliphatic heterocycles. The Balaban J connectivity index is 2.09. The Morgan fingerprint density at radius 1 is 1.25 bits per heavy atom. The summed E-state index contributed by atoms with van der Waals surface area (Å²) >= 11 is 0. The van der Waals surface area contributed by atoms with Crippen LogP contribution in [0.4, 0.5) is 9.18 Å². The molecule has 0 unspecified atom stereocenters. The van der Waals surface area contributed by atoms with E-state index in [0.717, 1.165) is 24.0 Å². The summed E-state index contributed by atoms with van der Waals surface area (Å²) in [5, 5.41) is 0. The number of likely N-dealkylation sites (tertiary alicyclic amines) is 1. The van der Waals surface area contributed by atoms with Crippen LogP contribution in [0, 0.1) is 12.7 Å². The van der Waals surface area contributed by atoms with Gasteiger partial charge in [0, 0.05) is 13.1 Å². The standard InChI is InChI=1S/C18H25FN2O3/c1-11-9-15(19)14(16(20)22)10-13(11)12-5-7-21(8-6-12)17(23)24-18(2,3)4/h9-10,12H,5-8H2,1-4H3,(H2,20,22). The van der Waals surface area contributed by atoms with Gasteiger partial charge in [0.05, 0.1) is 5.56 Å². The van der Waals surface area contributed by atoms with Crippen LogP contribution in [0.3, 0.4) is 0 Å². The Morgan fingerprint density at radius 3 is 2.33 bits per heavy atom. The van der Waals surface area contributed by atoms with Crippen molar-refractivity contribution in [3.8, 4) is 0 Å². The van der Waals surface area contributed by atoms with E-state index < -0.39 is 17.3 Å². The van der Waals surface area contributed by atoms with E-state index in [4.69, 9.17) is 10.5 Å². The van der Waals surface area contributed by atoms with Gasteiger partial charge in [-0.15, -0.1) is 0 Å². The average Bonchev–Trinajstić information content (AvgIpc) is 2.45. The van der Waals surface area contributed by atoms with Crippen molar-refractivity contribution >= 4 is 12.0 Å². The summed E-state index contributed by atoms with van der Waals surface area (Å²) in [6.45, 7) is 8.48. The Morgan fingerprint density at radius 2 is 1.83 bits per heavy atom. The Kier molecular flexibility index (Phi) is 5.16. The molecule has 5 nitrogen and oxygen atoms in total. The molecule has 1 aromatic carbocycles. The third-order valence-corrected chi connectivity index (χ3v) is 4.21. The zero-order valence-corrected chi connectivity index (χ0v) is 14.7. The highest BCUT2D eigenvalue weighted by molar-refractivity contribution is 5.93. The highest BCUT2D eigenvalue weighted by Gasteiger charge is 2.28. The lowest BCUT2D eigenvalue weighted by Gasteiger charge is -2.34. The number of piperidine rings is 1. The molecule has 0 aromatic heterocycles. The molecule has 6 heteroatoms. The van der Waals surface area contributed by atoms with E-state index in [2.05, 4.69) is 0 Å². The average molecular weight is 336 g/mol. The van der Waals surface area contributed by atoms with Crippen molar-refractivity contribution in [2.24, 2.45) is 5.73 Å². The van der Waals surface area contributed by atoms with Crippen molar-refractivity contribution in [3.63, 3.8) is 0 Å². The first-order chi connectivity index (χ1) is 11.1. The fourth-order valence-electron chi connectivity index (χ4n) is 3.02. The minimum absolute atomic E-state index is 0.0785. The van der Waals surface area contributed by atoms with Gasteiger partial charge in [-0.25, -0.2) is 9.18 Å². The zero-order chi connectivity index (χ0) is 18.1. The fraction of sp³-hybridized carbons (Fsp3) is 0.556. The van der Waals surface area contributed by atoms with Gasteiger partial charge in [0.1, 0.15) is 11.4 Å². The van der Waals surface area contributed by atoms with Crippen LogP contribution in [-0.2, 0) is 4.74 Å². The summed E-state index contributed by atoms with van der Waals surface area (Å²) in [4.78, 5) is 25.2. The normalized spacial score (nSPS) is 16.1. The van der Waals surface area contributed by atoms with Crippen molar-refractivity contribution in [3.05, 3.63) is 34.6 Å². The van der Waals surface area contributed by atoms with Crippen LogP contribution < -0.4 is 5.73 Å². The number of ether oxygens (including phenoxy) is 1. The first-order valence-corrected chi connectivity index (χ1v) is 8.16. The van der Waals surface area contributed by atoms with Crippen molar-refractivity contribution in [1.82, 2.24) is 4.90 Å². The monoisotopic (exact) mass is 336 g/mol. The molecule has 24 heavy (non-hydrogen) atoms. The molecule has 1 fully saturated rings. The number of halogens is 1.